The molecular weight excluding hydrogens is 351 g/mol. The number of hydrogen-bond acceptors (Lipinski definition) is 0. The topological polar surface area (TPSA) is 0 Å². The van der Waals surface area contributed by atoms with Crippen LogP contribution in [0.4, 0.5) is 0 Å². The maximum absolute atomic E-state index is 4.76. The smallest absolute Gasteiger partial charge is 0.109 e. The van der Waals surface area contributed by atoms with Crippen LogP contribution in [0.2, 0.25) is 0 Å². The largest absolute Gasteiger partial charge is 0.290 e. The van der Waals surface area contributed by atoms with E-state index in [-0.39, 0.29) is 5.34 Å². The van der Waals surface area contributed by atoms with Crippen molar-refractivity contribution >= 4 is 73.7 Å². The van der Waals surface area contributed by atoms with Gasteiger partial charge in [0.1, 0.15) is 0 Å². The van der Waals surface area contributed by atoms with Gasteiger partial charge in [-0.3, -0.25) is 0 Å². The third kappa shape index (κ3) is 64.0. The molecule has 6 heteroatoms. The highest BCUT2D eigenvalue weighted by Gasteiger charge is 1.84. The summed E-state index contributed by atoms with van der Waals surface area (Å²) in [7, 11) is 0. The van der Waals surface area contributed by atoms with Crippen LogP contribution in [0.5, 0.6) is 0 Å². The Kier molecular flexibility index (Phi) is 19.0. The Morgan fingerprint density at radius 3 is 1.14 bits per heavy atom. The summed E-state index contributed by atoms with van der Waals surface area (Å²) in [5.41, 5.74) is 0. The second kappa shape index (κ2) is 11.1. The van der Waals surface area contributed by atoms with Crippen LogP contribution in [0.3, 0.4) is 0 Å². The van der Waals surface area contributed by atoms with Crippen molar-refractivity contribution in [3.63, 3.8) is 0 Å². The molecule has 0 saturated heterocycles. The third-order valence-electron chi connectivity index (χ3n) is 0. The second-order valence-corrected chi connectivity index (χ2v) is 18.3. The lowest BCUT2D eigenvalue weighted by molar-refractivity contribution is 2.20. The van der Waals surface area contributed by atoms with Crippen molar-refractivity contribution in [3.8, 4) is 0 Å². The summed E-state index contributed by atoms with van der Waals surface area (Å²) in [6, 6.07) is 0. The molecule has 0 aromatic carbocycles. The van der Waals surface area contributed by atoms with Gasteiger partial charge in [-0.05, 0) is 0 Å². The molecule has 0 atom stereocenters. The van der Waals surface area contributed by atoms with Crippen LogP contribution in [0, 0.1) is 0 Å². The van der Waals surface area contributed by atoms with E-state index in [4.69, 9.17) is 23.2 Å². The van der Waals surface area contributed by atoms with Crippen molar-refractivity contribution in [2.45, 2.75) is 0 Å². The normalized spacial score (nSPS) is 7.71. The lowest BCUT2D eigenvalue weighted by Crippen LogP contribution is -1.60. The molecule has 0 heterocycles. The second-order valence-electron chi connectivity index (χ2n) is 0.315. The summed E-state index contributed by atoms with van der Waals surface area (Å²) in [6.45, 7) is 0. The first-order chi connectivity index (χ1) is 3.15. The standard InChI is InChI=1S/CH2Cl2.Br3Si/c2-1-3;1-4(2)3/h1H2;. The summed E-state index contributed by atoms with van der Waals surface area (Å²) in [5.74, 6) is 0. The molecule has 0 rings (SSSR count). The minimum absolute atomic E-state index is 0.194. The van der Waals surface area contributed by atoms with Crippen LogP contribution in [-0.2, 0) is 0 Å². The molecule has 0 spiro atoms. The Morgan fingerprint density at radius 1 is 1.14 bits per heavy atom. The molecule has 0 bridgehead atoms. The maximum Gasteiger partial charge on any atom is 0.290 e. The summed E-state index contributed by atoms with van der Waals surface area (Å²) in [6.07, 6.45) is 0. The molecule has 0 fully saturated rings. The van der Waals surface area contributed by atoms with E-state index < -0.39 is 4.65 Å². The first-order valence-electron chi connectivity index (χ1n) is 1.10. The molecule has 0 amide bonds. The zero-order valence-electron chi connectivity index (χ0n) is 3.10. The quantitative estimate of drug-likeness (QED) is 0.355. The molecule has 0 N–H and O–H groups in total. The molecule has 0 aliphatic heterocycles. The summed E-state index contributed by atoms with van der Waals surface area (Å²) in [5, 5.41) is 0.194. The Bertz CT molecular complexity index is 24.1. The highest BCUT2D eigenvalue weighted by molar-refractivity contribution is 9.69. The van der Waals surface area contributed by atoms with E-state index >= 15 is 0 Å². The van der Waals surface area contributed by atoms with Gasteiger partial charge in [-0.1, -0.05) is 45.9 Å². The Balaban J connectivity index is 0. The van der Waals surface area contributed by atoms with Crippen LogP contribution >= 0.6 is 69.1 Å². The highest BCUT2D eigenvalue weighted by atomic mass is 80.0. The van der Waals surface area contributed by atoms with E-state index in [0.717, 1.165) is 0 Å². The van der Waals surface area contributed by atoms with E-state index in [1.54, 1.807) is 0 Å². The highest BCUT2D eigenvalue weighted by Crippen LogP contribution is 2.07. The summed E-state index contributed by atoms with van der Waals surface area (Å²) >= 11 is 19.1. The Morgan fingerprint density at radius 2 is 1.14 bits per heavy atom. The molecule has 0 unspecified atom stereocenters. The van der Waals surface area contributed by atoms with Crippen LogP contribution in [0.15, 0.2) is 0 Å². The van der Waals surface area contributed by atoms with Crippen LogP contribution in [-0.4, -0.2) is 9.99 Å². The molecule has 0 aliphatic rings. The molecule has 0 aromatic heterocycles. The first-order valence-corrected chi connectivity index (χ1v) is 10.4. The fourth-order valence-electron chi connectivity index (χ4n) is 0. The fraction of sp³-hybridized carbons (Fsp3) is 1.00. The zero-order chi connectivity index (χ0) is 6.28. The number of hydrogen-bond donors (Lipinski definition) is 0. The fourth-order valence-corrected chi connectivity index (χ4v) is 0. The number of alkyl halides is 2. The van der Waals surface area contributed by atoms with Gasteiger partial charge in [0.25, 0.3) is 4.65 Å². The van der Waals surface area contributed by atoms with E-state index in [1.807, 2.05) is 0 Å². The van der Waals surface area contributed by atoms with Crippen molar-refractivity contribution in [1.29, 1.82) is 0 Å². The van der Waals surface area contributed by atoms with E-state index in [0.29, 0.717) is 0 Å². The van der Waals surface area contributed by atoms with E-state index in [9.17, 15) is 0 Å². The zero-order valence-corrected chi connectivity index (χ0v) is 10.4. The molecule has 0 aliphatic carbocycles. The SMILES string of the molecule is Br[Si](Br)Br.ClCCl. The van der Waals surface area contributed by atoms with Gasteiger partial charge in [-0.15, -0.1) is 23.2 Å². The van der Waals surface area contributed by atoms with E-state index in [2.05, 4.69) is 45.9 Å². The Hall–Kier alpha value is 2.24. The van der Waals surface area contributed by atoms with Gasteiger partial charge in [0, 0.05) is 0 Å². The molecule has 7 heavy (non-hydrogen) atoms. The predicted octanol–water partition coefficient (Wildman–Crippen LogP) is 3.58. The molecule has 45 valence electrons. The lowest BCUT2D eigenvalue weighted by atomic mass is 11.9. The van der Waals surface area contributed by atoms with Crippen molar-refractivity contribution in [2.24, 2.45) is 0 Å². The van der Waals surface area contributed by atoms with Crippen LogP contribution in [0.25, 0.3) is 0 Å². The van der Waals surface area contributed by atoms with Crippen molar-refractivity contribution in [1.82, 2.24) is 0 Å². The van der Waals surface area contributed by atoms with Crippen molar-refractivity contribution in [3.05, 3.63) is 0 Å². The third-order valence-corrected chi connectivity index (χ3v) is 0. The van der Waals surface area contributed by atoms with Gasteiger partial charge in [0.05, 0.1) is 5.34 Å². The van der Waals surface area contributed by atoms with Gasteiger partial charge in [-0.2, -0.15) is 0 Å². The summed E-state index contributed by atoms with van der Waals surface area (Å²) in [4.78, 5) is 0. The van der Waals surface area contributed by atoms with Crippen molar-refractivity contribution < 1.29 is 0 Å². The maximum atomic E-state index is 4.76. The van der Waals surface area contributed by atoms with Gasteiger partial charge < -0.3 is 0 Å². The predicted molar refractivity (Wildman–Crippen MR) is 49.1 cm³/mol. The molecule has 0 nitrogen and oxygen atoms in total. The molecule has 1 radical (unpaired) electrons. The molecule has 0 saturated carbocycles. The van der Waals surface area contributed by atoms with Crippen molar-refractivity contribution in [2.75, 3.05) is 5.34 Å². The van der Waals surface area contributed by atoms with E-state index in [1.165, 1.54) is 0 Å². The Labute approximate surface area is 78.3 Å². The number of halogens is 5. The first kappa shape index (κ1) is 12.0. The lowest BCUT2D eigenvalue weighted by Gasteiger charge is -1.65. The minimum Gasteiger partial charge on any atom is -0.109 e. The van der Waals surface area contributed by atoms with Gasteiger partial charge >= 0.3 is 0 Å². The molecular formula is CH2Br3Cl2Si. The average Bonchev–Trinajstić information content (AvgIpc) is 1.33. The van der Waals surface area contributed by atoms with Crippen LogP contribution in [0.1, 0.15) is 0 Å². The summed E-state index contributed by atoms with van der Waals surface area (Å²) < 4.78 is -0.442. The average molecular weight is 353 g/mol. The van der Waals surface area contributed by atoms with Crippen LogP contribution < -0.4 is 0 Å². The molecule has 0 aromatic rings. The van der Waals surface area contributed by atoms with Gasteiger partial charge in [-0.25, -0.2) is 0 Å². The number of rotatable bonds is 0. The van der Waals surface area contributed by atoms with Gasteiger partial charge in [0.2, 0.25) is 0 Å². The van der Waals surface area contributed by atoms with Gasteiger partial charge in [0.15, 0.2) is 0 Å². The monoisotopic (exact) mass is 349 g/mol. The minimum atomic E-state index is -0.442.